The second-order valence-electron chi connectivity index (χ2n) is 4.73. The molecule has 0 aliphatic heterocycles. The second-order valence-corrected chi connectivity index (χ2v) is 4.73. The Balaban J connectivity index is 2.26. The van der Waals surface area contributed by atoms with E-state index in [1.807, 2.05) is 0 Å². The van der Waals surface area contributed by atoms with E-state index in [-0.39, 0.29) is 16.9 Å². The number of imidazole rings is 1. The molecule has 0 atom stereocenters. The number of nitrogens with one attached hydrogen (secondary N) is 1. The molecule has 22 heavy (non-hydrogen) atoms. The summed E-state index contributed by atoms with van der Waals surface area (Å²) in [5, 5.41) is 0. The summed E-state index contributed by atoms with van der Waals surface area (Å²) in [4.78, 5) is 17.5. The van der Waals surface area contributed by atoms with E-state index >= 15 is 0 Å². The summed E-state index contributed by atoms with van der Waals surface area (Å²) in [6.45, 7) is 0. The second kappa shape index (κ2) is 4.69. The quantitative estimate of drug-likeness (QED) is 0.702. The number of nitrogens with zero attached hydrogens (tertiary/aromatic N) is 2. The number of rotatable bonds is 1. The van der Waals surface area contributed by atoms with Crippen LogP contribution in [0.2, 0.25) is 0 Å². The number of alkyl halides is 3. The highest BCUT2D eigenvalue weighted by Gasteiger charge is 2.31. The van der Waals surface area contributed by atoms with E-state index in [4.69, 9.17) is 0 Å². The van der Waals surface area contributed by atoms with Crippen LogP contribution in [-0.4, -0.2) is 14.5 Å². The summed E-state index contributed by atoms with van der Waals surface area (Å²) in [6, 6.07) is 4.40. The smallest absolute Gasteiger partial charge is 0.327 e. The molecule has 2 aromatic heterocycles. The Hall–Kier alpha value is -2.64. The zero-order chi connectivity index (χ0) is 16.1. The summed E-state index contributed by atoms with van der Waals surface area (Å²) in [7, 11) is 1.54. The number of H-pyrrole nitrogens is 1. The average Bonchev–Trinajstić information content (AvgIpc) is 2.78. The molecule has 0 bridgehead atoms. The number of hydrogen-bond acceptors (Lipinski definition) is 2. The number of aryl methyl sites for hydroxylation is 1. The van der Waals surface area contributed by atoms with Crippen molar-refractivity contribution in [3.05, 3.63) is 52.2 Å². The third kappa shape index (κ3) is 2.16. The average molecular weight is 311 g/mol. The molecule has 0 saturated carbocycles. The van der Waals surface area contributed by atoms with Gasteiger partial charge >= 0.3 is 6.18 Å². The Morgan fingerprint density at radius 3 is 2.64 bits per heavy atom. The molecule has 1 N–H and O–H groups in total. The molecule has 8 heteroatoms. The van der Waals surface area contributed by atoms with Gasteiger partial charge in [-0.15, -0.1) is 0 Å². The zero-order valence-corrected chi connectivity index (χ0v) is 11.2. The third-order valence-electron chi connectivity index (χ3n) is 3.35. The molecular formula is C14H9F4N3O. The Morgan fingerprint density at radius 1 is 1.23 bits per heavy atom. The third-order valence-corrected chi connectivity index (χ3v) is 3.35. The maximum Gasteiger partial charge on any atom is 0.416 e. The molecule has 2 heterocycles. The number of halogens is 4. The number of pyridine rings is 1. The van der Waals surface area contributed by atoms with E-state index in [1.54, 1.807) is 7.05 Å². The van der Waals surface area contributed by atoms with Gasteiger partial charge in [-0.1, -0.05) is 0 Å². The molecule has 0 amide bonds. The predicted octanol–water partition coefficient (Wildman–Crippen LogP) is 3.09. The van der Waals surface area contributed by atoms with Crippen molar-refractivity contribution in [3.8, 4) is 11.4 Å². The Kier molecular flexibility index (Phi) is 3.05. The lowest BCUT2D eigenvalue weighted by Crippen LogP contribution is -2.11. The normalized spacial score (nSPS) is 12.0. The lowest BCUT2D eigenvalue weighted by Gasteiger charge is -2.06. The van der Waals surface area contributed by atoms with Gasteiger partial charge in [0.05, 0.1) is 22.2 Å². The summed E-state index contributed by atoms with van der Waals surface area (Å²) >= 11 is 0. The minimum Gasteiger partial charge on any atom is -0.327 e. The zero-order valence-electron chi connectivity index (χ0n) is 11.2. The first-order chi connectivity index (χ1) is 10.3. The molecule has 0 radical (unpaired) electrons. The van der Waals surface area contributed by atoms with Gasteiger partial charge in [0.25, 0.3) is 5.56 Å². The molecule has 0 aliphatic carbocycles. The summed E-state index contributed by atoms with van der Waals surface area (Å²) < 4.78 is 53.5. The van der Waals surface area contributed by atoms with Crippen LogP contribution in [0.3, 0.4) is 0 Å². The van der Waals surface area contributed by atoms with Crippen LogP contribution in [0.4, 0.5) is 17.6 Å². The highest BCUT2D eigenvalue weighted by atomic mass is 19.4. The van der Waals surface area contributed by atoms with Crippen LogP contribution in [0.15, 0.2) is 35.3 Å². The molecule has 0 saturated heterocycles. The molecule has 3 rings (SSSR count). The predicted molar refractivity (Wildman–Crippen MR) is 71.7 cm³/mol. The van der Waals surface area contributed by atoms with E-state index in [1.165, 1.54) is 22.9 Å². The van der Waals surface area contributed by atoms with Crippen molar-refractivity contribution in [2.24, 2.45) is 7.05 Å². The fraction of sp³-hybridized carbons (Fsp3) is 0.143. The van der Waals surface area contributed by atoms with Crippen molar-refractivity contribution in [1.82, 2.24) is 14.5 Å². The van der Waals surface area contributed by atoms with Gasteiger partial charge in [-0.05, 0) is 24.3 Å². The van der Waals surface area contributed by atoms with Crippen molar-refractivity contribution in [2.45, 2.75) is 6.18 Å². The highest BCUT2D eigenvalue weighted by molar-refractivity contribution is 5.81. The van der Waals surface area contributed by atoms with Crippen molar-refractivity contribution in [3.63, 3.8) is 0 Å². The van der Waals surface area contributed by atoms with Crippen LogP contribution in [0.1, 0.15) is 5.56 Å². The van der Waals surface area contributed by atoms with Gasteiger partial charge in [0.15, 0.2) is 5.82 Å². The fourth-order valence-electron chi connectivity index (χ4n) is 2.25. The van der Waals surface area contributed by atoms with Crippen LogP contribution in [-0.2, 0) is 13.2 Å². The Labute approximate surface area is 121 Å². The van der Waals surface area contributed by atoms with Crippen molar-refractivity contribution >= 4 is 11.0 Å². The molecule has 4 nitrogen and oxygen atoms in total. The lowest BCUT2D eigenvalue weighted by atomic mass is 10.2. The first kappa shape index (κ1) is 14.3. The minimum absolute atomic E-state index is 0.0731. The van der Waals surface area contributed by atoms with Crippen LogP contribution >= 0.6 is 0 Å². The van der Waals surface area contributed by atoms with Crippen LogP contribution in [0.5, 0.6) is 0 Å². The first-order valence-corrected chi connectivity index (χ1v) is 6.20. The molecule has 114 valence electrons. The van der Waals surface area contributed by atoms with E-state index in [0.717, 1.165) is 12.1 Å². The largest absolute Gasteiger partial charge is 0.416 e. The molecule has 1 aromatic carbocycles. The molecule has 0 aliphatic rings. The van der Waals surface area contributed by atoms with E-state index < -0.39 is 23.1 Å². The first-order valence-electron chi connectivity index (χ1n) is 6.20. The number of hydrogen-bond donors (Lipinski definition) is 1. The number of aromatic nitrogens is 3. The van der Waals surface area contributed by atoms with Gasteiger partial charge in [0, 0.05) is 13.2 Å². The SMILES string of the molecule is Cn1c(-c2cc[nH]c(=O)c2F)nc2cc(C(F)(F)F)ccc21. The standard InChI is InChI=1S/C14H9F4N3O/c1-21-10-3-2-7(14(16,17)18)6-9(10)20-12(21)8-4-5-19-13(22)11(8)15/h2-6H,1H3,(H,19,22). The molecule has 3 aromatic rings. The topological polar surface area (TPSA) is 50.7 Å². The summed E-state index contributed by atoms with van der Waals surface area (Å²) in [5.41, 5.74) is -1.35. The summed E-state index contributed by atoms with van der Waals surface area (Å²) in [5.74, 6) is -0.949. The van der Waals surface area contributed by atoms with Crippen LogP contribution in [0.25, 0.3) is 22.4 Å². The van der Waals surface area contributed by atoms with E-state index in [0.29, 0.717) is 5.52 Å². The fourth-order valence-corrected chi connectivity index (χ4v) is 2.25. The van der Waals surface area contributed by atoms with Crippen molar-refractivity contribution < 1.29 is 17.6 Å². The summed E-state index contributed by atoms with van der Waals surface area (Å²) in [6.07, 6.45) is -3.23. The van der Waals surface area contributed by atoms with Gasteiger partial charge in [-0.2, -0.15) is 13.2 Å². The van der Waals surface area contributed by atoms with E-state index in [9.17, 15) is 22.4 Å². The molecule has 0 unspecified atom stereocenters. The van der Waals surface area contributed by atoms with Gasteiger partial charge in [0.2, 0.25) is 0 Å². The van der Waals surface area contributed by atoms with Gasteiger partial charge in [-0.3, -0.25) is 4.79 Å². The lowest BCUT2D eigenvalue weighted by molar-refractivity contribution is -0.137. The van der Waals surface area contributed by atoms with Gasteiger partial charge < -0.3 is 9.55 Å². The van der Waals surface area contributed by atoms with Gasteiger partial charge in [0.1, 0.15) is 5.82 Å². The van der Waals surface area contributed by atoms with Crippen LogP contribution in [0, 0.1) is 5.82 Å². The maximum atomic E-state index is 13.9. The van der Waals surface area contributed by atoms with Gasteiger partial charge in [-0.25, -0.2) is 9.37 Å². The molecular weight excluding hydrogens is 302 g/mol. The highest BCUT2D eigenvalue weighted by Crippen LogP contribution is 2.32. The minimum atomic E-state index is -4.49. The van der Waals surface area contributed by atoms with Crippen molar-refractivity contribution in [2.75, 3.05) is 0 Å². The molecule has 0 fully saturated rings. The maximum absolute atomic E-state index is 13.9. The number of benzene rings is 1. The van der Waals surface area contributed by atoms with Crippen molar-refractivity contribution in [1.29, 1.82) is 0 Å². The molecule has 0 spiro atoms. The Morgan fingerprint density at radius 2 is 1.95 bits per heavy atom. The van der Waals surface area contributed by atoms with E-state index in [2.05, 4.69) is 9.97 Å². The monoisotopic (exact) mass is 311 g/mol. The van der Waals surface area contributed by atoms with Crippen LogP contribution < -0.4 is 5.56 Å². The number of fused-ring (bicyclic) bond motifs is 1. The number of aromatic amines is 1. The Bertz CT molecular complexity index is 924.